The summed E-state index contributed by atoms with van der Waals surface area (Å²) >= 11 is 0. The average Bonchev–Trinajstić information content (AvgIpc) is 2.92. The first-order valence-electron chi connectivity index (χ1n) is 13.1. The van der Waals surface area contributed by atoms with Crippen LogP contribution >= 0.6 is 0 Å². The molecule has 0 spiro atoms. The van der Waals surface area contributed by atoms with Gasteiger partial charge in [0.15, 0.2) is 0 Å². The summed E-state index contributed by atoms with van der Waals surface area (Å²) in [5.41, 5.74) is 7.84. The van der Waals surface area contributed by atoms with Crippen LogP contribution in [0.4, 0.5) is 8.78 Å². The molecule has 2 rings (SSSR count). The Bertz CT molecular complexity index is 1670. The van der Waals surface area contributed by atoms with Crippen LogP contribution in [0.25, 0.3) is 0 Å². The number of amides is 3. The number of carbonyl (C=O) groups is 3. The van der Waals surface area contributed by atoms with E-state index in [4.69, 9.17) is 11.5 Å². The number of aromatic nitrogens is 4. The smallest absolute Gasteiger partial charge is 0.328 e. The minimum absolute atomic E-state index is 0.00229. The molecule has 0 atom stereocenters. The lowest BCUT2D eigenvalue weighted by Gasteiger charge is -2.14. The van der Waals surface area contributed by atoms with Crippen molar-refractivity contribution in [3.05, 3.63) is 88.0 Å². The van der Waals surface area contributed by atoms with Gasteiger partial charge >= 0.3 is 11.4 Å². The summed E-state index contributed by atoms with van der Waals surface area (Å²) in [6.07, 6.45) is 1.15. The number of nitrogens with one attached hydrogen (secondary N) is 4. The Hall–Kier alpha value is -4.93. The molecule has 0 aliphatic carbocycles. The van der Waals surface area contributed by atoms with E-state index >= 15 is 8.78 Å². The molecule has 0 aliphatic rings. The first-order chi connectivity index (χ1) is 20.2. The summed E-state index contributed by atoms with van der Waals surface area (Å²) in [4.78, 5) is 87.2. The molecule has 2 aromatic heterocycles. The lowest BCUT2D eigenvalue weighted by atomic mass is 10.1. The van der Waals surface area contributed by atoms with E-state index in [1.165, 1.54) is 20.0 Å². The number of hydrogen-bond acceptors (Lipinski definition) is 8. The van der Waals surface area contributed by atoms with Crippen molar-refractivity contribution in [2.75, 3.05) is 19.6 Å². The third-order valence-electron chi connectivity index (χ3n) is 6.17. The second-order valence-corrected chi connectivity index (χ2v) is 9.65. The summed E-state index contributed by atoms with van der Waals surface area (Å²) in [5, 5.41) is 4.72. The van der Waals surface area contributed by atoms with Crippen molar-refractivity contribution in [3.8, 4) is 0 Å². The number of allylic oxidation sites excluding steroid dienone is 2. The predicted octanol–water partition coefficient (Wildman–Crippen LogP) is -1.61. The molecule has 3 amide bonds. The van der Waals surface area contributed by atoms with Crippen LogP contribution in [-0.2, 0) is 27.5 Å². The number of aromatic amines is 2. The number of rotatable bonds is 15. The molecular formula is C26H34F2N8O7. The Labute approximate surface area is 242 Å². The number of hydrogen-bond donors (Lipinski definition) is 6. The van der Waals surface area contributed by atoms with Crippen molar-refractivity contribution in [3.63, 3.8) is 0 Å². The second-order valence-electron chi connectivity index (χ2n) is 9.65. The van der Waals surface area contributed by atoms with Gasteiger partial charge in [-0.05, 0) is 44.4 Å². The van der Waals surface area contributed by atoms with Gasteiger partial charge in [-0.2, -0.15) is 0 Å². The fourth-order valence-corrected chi connectivity index (χ4v) is 3.86. The lowest BCUT2D eigenvalue weighted by Crippen LogP contribution is -2.34. The van der Waals surface area contributed by atoms with Crippen LogP contribution < -0.4 is 44.6 Å². The second kappa shape index (κ2) is 15.9. The lowest BCUT2D eigenvalue weighted by molar-refractivity contribution is -0.124. The Balaban J connectivity index is 2.18. The van der Waals surface area contributed by atoms with Crippen molar-refractivity contribution in [1.29, 1.82) is 0 Å². The van der Waals surface area contributed by atoms with E-state index in [2.05, 4.69) is 15.6 Å². The van der Waals surface area contributed by atoms with Gasteiger partial charge in [0.25, 0.3) is 11.1 Å². The maximum Gasteiger partial charge on any atom is 0.328 e. The monoisotopic (exact) mass is 608 g/mol. The molecule has 234 valence electrons. The number of nitrogens with zero attached hydrogens (tertiary/aromatic N) is 2. The molecule has 0 unspecified atom stereocenters. The van der Waals surface area contributed by atoms with Gasteiger partial charge in [-0.25, -0.2) is 18.4 Å². The van der Waals surface area contributed by atoms with Crippen molar-refractivity contribution in [2.24, 2.45) is 11.5 Å². The number of nitrogens with two attached hydrogens (primary N) is 2. The summed E-state index contributed by atoms with van der Waals surface area (Å²) in [7, 11) is 0. The van der Waals surface area contributed by atoms with Gasteiger partial charge in [0.1, 0.15) is 11.7 Å². The highest BCUT2D eigenvalue weighted by Gasteiger charge is 2.17. The molecule has 0 fully saturated rings. The van der Waals surface area contributed by atoms with Crippen LogP contribution in [0.5, 0.6) is 0 Å². The highest BCUT2D eigenvalue weighted by molar-refractivity contribution is 5.85. The first-order valence-corrected chi connectivity index (χ1v) is 13.1. The van der Waals surface area contributed by atoms with E-state index in [0.717, 1.165) is 15.3 Å². The Kier molecular flexibility index (Phi) is 12.7. The van der Waals surface area contributed by atoms with Gasteiger partial charge in [0, 0.05) is 30.1 Å². The first kappa shape index (κ1) is 34.3. The molecule has 43 heavy (non-hydrogen) atoms. The van der Waals surface area contributed by atoms with Gasteiger partial charge in [0.2, 0.25) is 17.7 Å². The summed E-state index contributed by atoms with van der Waals surface area (Å²) in [6.45, 7) is 1.01. The van der Waals surface area contributed by atoms with Crippen LogP contribution in [0.2, 0.25) is 0 Å². The molecule has 8 N–H and O–H groups in total. The molecule has 0 bridgehead atoms. The Morgan fingerprint density at radius 3 is 1.67 bits per heavy atom. The number of carbonyl (C=O) groups excluding carboxylic acids is 3. The molecule has 2 heterocycles. The molecule has 15 nitrogen and oxygen atoms in total. The van der Waals surface area contributed by atoms with Crippen molar-refractivity contribution < 1.29 is 23.2 Å². The highest BCUT2D eigenvalue weighted by atomic mass is 19.1. The zero-order chi connectivity index (χ0) is 32.3. The maximum absolute atomic E-state index is 15.3. The molecule has 2 aromatic rings. The normalized spacial score (nSPS) is 12.3. The molecule has 0 saturated heterocycles. The Morgan fingerprint density at radius 1 is 0.791 bits per heavy atom. The van der Waals surface area contributed by atoms with E-state index in [1.54, 1.807) is 0 Å². The number of H-pyrrole nitrogens is 2. The molecule has 0 aromatic carbocycles. The molecule has 0 aliphatic heterocycles. The van der Waals surface area contributed by atoms with E-state index in [-0.39, 0.29) is 48.2 Å². The van der Waals surface area contributed by atoms with E-state index in [1.807, 2.05) is 4.98 Å². The minimum Gasteiger partial charge on any atom is -0.368 e. The van der Waals surface area contributed by atoms with E-state index in [9.17, 15) is 33.6 Å². The van der Waals surface area contributed by atoms with Crippen molar-refractivity contribution in [2.45, 2.75) is 52.6 Å². The minimum atomic E-state index is -0.895. The fourth-order valence-electron chi connectivity index (χ4n) is 3.86. The van der Waals surface area contributed by atoms with Gasteiger partial charge in [-0.3, -0.25) is 43.1 Å². The van der Waals surface area contributed by atoms with Crippen molar-refractivity contribution in [1.82, 2.24) is 29.7 Å². The Morgan fingerprint density at radius 2 is 1.23 bits per heavy atom. The largest absolute Gasteiger partial charge is 0.368 e. The van der Waals surface area contributed by atoms with Crippen LogP contribution in [-0.4, -0.2) is 56.5 Å². The highest BCUT2D eigenvalue weighted by Crippen LogP contribution is 2.18. The molecule has 0 saturated carbocycles. The summed E-state index contributed by atoms with van der Waals surface area (Å²) < 4.78 is 32.2. The number of aryl methyl sites for hydroxylation is 2. The van der Waals surface area contributed by atoms with Crippen LogP contribution in [0, 0.1) is 13.8 Å². The summed E-state index contributed by atoms with van der Waals surface area (Å²) in [5.74, 6) is -3.92. The third-order valence-corrected chi connectivity index (χ3v) is 6.17. The SMILES string of the molecule is Cc1cn(C/C(F)=C(\CCN)CC(=O)NCC/C(CC(=O)NCC(N)=O)=C(/F)Cn2cc(C)c(=O)[nH]c2=O)c(=O)[nH]c1=O. The quantitative estimate of drug-likeness (QED) is 0.137. The predicted molar refractivity (Wildman–Crippen MR) is 151 cm³/mol. The third kappa shape index (κ3) is 10.8. The fraction of sp³-hybridized carbons (Fsp3) is 0.423. The number of primary amides is 1. The van der Waals surface area contributed by atoms with Gasteiger partial charge in [-0.1, -0.05) is 0 Å². The van der Waals surface area contributed by atoms with Gasteiger partial charge in [0.05, 0.1) is 32.5 Å². The molecular weight excluding hydrogens is 574 g/mol. The van der Waals surface area contributed by atoms with E-state index in [0.29, 0.717) is 0 Å². The van der Waals surface area contributed by atoms with E-state index < -0.39 is 84.3 Å². The standard InChI is InChI=1S/C26H34F2N8O7/c1-14-10-35(25(42)33-23(14)40)12-18(27)16(3-5-29)7-21(38)31-6-4-17(8-22(39)32-9-20(30)37)19(28)13-36-11-15(2)24(41)34-26(36)43/h10-11H,3-9,12-13,29H2,1-2H3,(H2,30,37)(H,31,38)(H,32,39)(H,33,40,42)(H,34,41,43)/b18-16-,19-17-. The van der Waals surface area contributed by atoms with Crippen LogP contribution in [0.15, 0.2) is 54.4 Å². The van der Waals surface area contributed by atoms with Crippen molar-refractivity contribution >= 4 is 17.7 Å². The zero-order valence-electron chi connectivity index (χ0n) is 23.7. The maximum atomic E-state index is 15.3. The van der Waals surface area contributed by atoms with Gasteiger partial charge in [-0.15, -0.1) is 0 Å². The van der Waals surface area contributed by atoms with Crippen LogP contribution in [0.3, 0.4) is 0 Å². The zero-order valence-corrected chi connectivity index (χ0v) is 23.7. The molecule has 17 heteroatoms. The number of halogens is 2. The van der Waals surface area contributed by atoms with Crippen LogP contribution in [0.1, 0.15) is 36.8 Å². The topological polar surface area (TPSA) is 237 Å². The summed E-state index contributed by atoms with van der Waals surface area (Å²) in [6, 6.07) is 0. The average molecular weight is 609 g/mol. The molecule has 0 radical (unpaired) electrons. The van der Waals surface area contributed by atoms with Gasteiger partial charge < -0.3 is 22.1 Å².